The van der Waals surface area contributed by atoms with Crippen molar-refractivity contribution in [3.05, 3.63) is 0 Å². The highest BCUT2D eigenvalue weighted by molar-refractivity contribution is 7.91. The van der Waals surface area contributed by atoms with Gasteiger partial charge in [-0.3, -0.25) is 9.69 Å². The maximum Gasteiger partial charge on any atom is 0.236 e. The summed E-state index contributed by atoms with van der Waals surface area (Å²) in [5.41, 5.74) is 0. The summed E-state index contributed by atoms with van der Waals surface area (Å²) < 4.78 is 22.9. The number of nitrogens with zero attached hydrogens (tertiary/aromatic N) is 2. The fraction of sp³-hybridized carbons (Fsp3) is 0.909. The molecule has 0 spiro atoms. The summed E-state index contributed by atoms with van der Waals surface area (Å²) in [6, 6.07) is -0.475. The molecular formula is C11H21N3O4S. The second-order valence-corrected chi connectivity index (χ2v) is 7.41. The Morgan fingerprint density at radius 1 is 1.37 bits per heavy atom. The van der Waals surface area contributed by atoms with Gasteiger partial charge in [0, 0.05) is 26.2 Å². The molecule has 0 saturated carbocycles. The van der Waals surface area contributed by atoms with E-state index in [-0.39, 0.29) is 24.0 Å². The number of rotatable bonds is 3. The smallest absolute Gasteiger partial charge is 0.236 e. The van der Waals surface area contributed by atoms with E-state index in [1.54, 1.807) is 16.8 Å². The average molecular weight is 291 g/mol. The van der Waals surface area contributed by atoms with E-state index >= 15 is 0 Å². The largest absolute Gasteiger partial charge is 0.390 e. The number of carbonyl (C=O) groups is 1. The molecule has 2 atom stereocenters. The number of hydrogen-bond donors (Lipinski definition) is 2. The predicted octanol–water partition coefficient (Wildman–Crippen LogP) is -2.49. The second-order valence-electron chi connectivity index (χ2n) is 5.26. The predicted molar refractivity (Wildman–Crippen MR) is 70.5 cm³/mol. The van der Waals surface area contributed by atoms with Crippen LogP contribution in [0.15, 0.2) is 0 Å². The van der Waals surface area contributed by atoms with E-state index in [1.165, 1.54) is 0 Å². The molecule has 19 heavy (non-hydrogen) atoms. The quantitative estimate of drug-likeness (QED) is 0.598. The lowest BCUT2D eigenvalue weighted by Crippen LogP contribution is -2.51. The Kier molecular flexibility index (Phi) is 4.44. The standard InChI is InChI=1S/C11H21N3O4S/c1-13(9-7-19(17,18)8-10(9)15)6-11(16)14-4-2-12-3-5-14/h9-10,12,15H,2-8H2,1H3. The first-order chi connectivity index (χ1) is 8.89. The van der Waals surface area contributed by atoms with Gasteiger partial charge in [0.1, 0.15) is 0 Å². The summed E-state index contributed by atoms with van der Waals surface area (Å²) in [5, 5.41) is 12.9. The SMILES string of the molecule is CN(CC(=O)N1CCNCC1)C1CS(=O)(=O)CC1O. The molecule has 0 aliphatic carbocycles. The van der Waals surface area contributed by atoms with Gasteiger partial charge in [-0.25, -0.2) is 8.42 Å². The van der Waals surface area contributed by atoms with Crippen molar-refractivity contribution in [1.82, 2.24) is 15.1 Å². The Bertz CT molecular complexity index is 433. The van der Waals surface area contributed by atoms with Gasteiger partial charge < -0.3 is 15.3 Å². The Morgan fingerprint density at radius 3 is 2.53 bits per heavy atom. The second kappa shape index (κ2) is 5.74. The van der Waals surface area contributed by atoms with Crippen molar-refractivity contribution in [2.75, 3.05) is 51.3 Å². The van der Waals surface area contributed by atoms with Gasteiger partial charge in [-0.2, -0.15) is 0 Å². The molecule has 1 amide bonds. The van der Waals surface area contributed by atoms with Crippen molar-refractivity contribution < 1.29 is 18.3 Å². The zero-order chi connectivity index (χ0) is 14.0. The summed E-state index contributed by atoms with van der Waals surface area (Å²) >= 11 is 0. The molecule has 2 saturated heterocycles. The number of hydrogen-bond acceptors (Lipinski definition) is 6. The third-order valence-corrected chi connectivity index (χ3v) is 5.41. The monoisotopic (exact) mass is 291 g/mol. The van der Waals surface area contributed by atoms with Gasteiger partial charge in [-0.15, -0.1) is 0 Å². The molecule has 0 radical (unpaired) electrons. The van der Waals surface area contributed by atoms with E-state index in [1.807, 2.05) is 0 Å². The van der Waals surface area contributed by atoms with E-state index < -0.39 is 22.0 Å². The van der Waals surface area contributed by atoms with Crippen molar-refractivity contribution in [3.63, 3.8) is 0 Å². The maximum absolute atomic E-state index is 12.1. The highest BCUT2D eigenvalue weighted by atomic mass is 32.2. The maximum atomic E-state index is 12.1. The lowest BCUT2D eigenvalue weighted by atomic mass is 10.2. The Balaban J connectivity index is 1.90. The molecular weight excluding hydrogens is 270 g/mol. The lowest BCUT2D eigenvalue weighted by molar-refractivity contribution is -0.133. The zero-order valence-corrected chi connectivity index (χ0v) is 11.9. The number of piperazine rings is 1. The van der Waals surface area contributed by atoms with Crippen LogP contribution in [0, 0.1) is 0 Å². The van der Waals surface area contributed by atoms with Gasteiger partial charge in [0.2, 0.25) is 5.91 Å². The molecule has 110 valence electrons. The minimum absolute atomic E-state index is 0.0134. The third kappa shape index (κ3) is 3.65. The van der Waals surface area contributed by atoms with Crippen molar-refractivity contribution in [2.45, 2.75) is 12.1 Å². The fourth-order valence-corrected chi connectivity index (χ4v) is 4.45. The van der Waals surface area contributed by atoms with Gasteiger partial charge in [-0.1, -0.05) is 0 Å². The molecule has 2 rings (SSSR count). The van der Waals surface area contributed by atoms with E-state index in [9.17, 15) is 18.3 Å². The van der Waals surface area contributed by atoms with Crippen LogP contribution >= 0.6 is 0 Å². The minimum atomic E-state index is -3.18. The molecule has 0 aromatic carbocycles. The molecule has 2 aliphatic heterocycles. The summed E-state index contributed by atoms with van der Waals surface area (Å²) in [4.78, 5) is 15.5. The van der Waals surface area contributed by atoms with E-state index in [2.05, 4.69) is 5.32 Å². The van der Waals surface area contributed by atoms with Gasteiger partial charge in [0.05, 0.1) is 30.2 Å². The van der Waals surface area contributed by atoms with Crippen LogP contribution < -0.4 is 5.32 Å². The van der Waals surface area contributed by atoms with Crippen LogP contribution in [0.1, 0.15) is 0 Å². The Morgan fingerprint density at radius 2 is 2.00 bits per heavy atom. The molecule has 2 heterocycles. The fourth-order valence-electron chi connectivity index (χ4n) is 2.58. The van der Waals surface area contributed by atoms with Gasteiger partial charge >= 0.3 is 0 Å². The highest BCUT2D eigenvalue weighted by Crippen LogP contribution is 2.17. The van der Waals surface area contributed by atoms with Crippen LogP contribution in [0.3, 0.4) is 0 Å². The van der Waals surface area contributed by atoms with Gasteiger partial charge in [0.15, 0.2) is 9.84 Å². The normalized spacial score (nSPS) is 30.8. The molecule has 0 aromatic rings. The molecule has 2 unspecified atom stereocenters. The number of aliphatic hydroxyl groups is 1. The van der Waals surface area contributed by atoms with Crippen molar-refractivity contribution >= 4 is 15.7 Å². The van der Waals surface area contributed by atoms with E-state index in [0.717, 1.165) is 13.1 Å². The molecule has 0 aromatic heterocycles. The van der Waals surface area contributed by atoms with Gasteiger partial charge in [0.25, 0.3) is 0 Å². The number of likely N-dealkylation sites (N-methyl/N-ethyl adjacent to an activating group) is 1. The first-order valence-electron chi connectivity index (χ1n) is 6.46. The Labute approximate surface area is 113 Å². The van der Waals surface area contributed by atoms with E-state index in [0.29, 0.717) is 13.1 Å². The molecule has 0 bridgehead atoms. The molecule has 8 heteroatoms. The Hall–Kier alpha value is -0.700. The van der Waals surface area contributed by atoms with Crippen LogP contribution in [0.4, 0.5) is 0 Å². The first kappa shape index (κ1) is 14.7. The van der Waals surface area contributed by atoms with Crippen LogP contribution in [-0.4, -0.2) is 92.7 Å². The third-order valence-electron chi connectivity index (χ3n) is 3.71. The number of sulfone groups is 1. The highest BCUT2D eigenvalue weighted by Gasteiger charge is 2.39. The zero-order valence-electron chi connectivity index (χ0n) is 11.1. The number of nitrogens with one attached hydrogen (secondary N) is 1. The molecule has 2 N–H and O–H groups in total. The van der Waals surface area contributed by atoms with Crippen LogP contribution in [0.2, 0.25) is 0 Å². The first-order valence-corrected chi connectivity index (χ1v) is 8.28. The van der Waals surface area contributed by atoms with Crippen LogP contribution in [0.25, 0.3) is 0 Å². The van der Waals surface area contributed by atoms with Crippen molar-refractivity contribution in [2.24, 2.45) is 0 Å². The van der Waals surface area contributed by atoms with Gasteiger partial charge in [-0.05, 0) is 7.05 Å². The molecule has 2 fully saturated rings. The summed E-state index contributed by atoms with van der Waals surface area (Å²) in [6.07, 6.45) is -0.897. The van der Waals surface area contributed by atoms with Crippen LogP contribution in [-0.2, 0) is 14.6 Å². The number of aliphatic hydroxyl groups excluding tert-OH is 1. The minimum Gasteiger partial charge on any atom is -0.390 e. The van der Waals surface area contributed by atoms with Crippen LogP contribution in [0.5, 0.6) is 0 Å². The summed E-state index contributed by atoms with van der Waals surface area (Å²) in [6.45, 7) is 3.08. The molecule has 7 nitrogen and oxygen atoms in total. The summed E-state index contributed by atoms with van der Waals surface area (Å²) in [7, 11) is -1.49. The van der Waals surface area contributed by atoms with E-state index in [4.69, 9.17) is 0 Å². The summed E-state index contributed by atoms with van der Waals surface area (Å²) in [5.74, 6) is -0.288. The lowest BCUT2D eigenvalue weighted by Gasteiger charge is -2.31. The number of carbonyl (C=O) groups excluding carboxylic acids is 1. The molecule has 2 aliphatic rings. The van der Waals surface area contributed by atoms with Crippen molar-refractivity contribution in [1.29, 1.82) is 0 Å². The number of amides is 1. The van der Waals surface area contributed by atoms with Crippen molar-refractivity contribution in [3.8, 4) is 0 Å². The average Bonchev–Trinajstić information content (AvgIpc) is 2.64. The topological polar surface area (TPSA) is 90.0 Å².